The first-order valence-electron chi connectivity index (χ1n) is 9.62. The van der Waals surface area contributed by atoms with Crippen LogP contribution in [0.5, 0.6) is 0 Å². The van der Waals surface area contributed by atoms with Crippen molar-refractivity contribution in [1.82, 2.24) is 4.98 Å². The van der Waals surface area contributed by atoms with Crippen molar-refractivity contribution in [2.75, 3.05) is 5.01 Å². The van der Waals surface area contributed by atoms with Crippen molar-refractivity contribution in [3.8, 4) is 11.3 Å². The Balaban J connectivity index is 1.56. The molecule has 0 saturated heterocycles. The van der Waals surface area contributed by atoms with Gasteiger partial charge in [-0.3, -0.25) is 0 Å². The van der Waals surface area contributed by atoms with Crippen LogP contribution in [-0.4, -0.2) is 27.7 Å². The number of thiazole rings is 1. The molecule has 0 unspecified atom stereocenters. The third-order valence-corrected chi connectivity index (χ3v) is 6.15. The number of alkyl halides is 3. The molecule has 0 aliphatic carbocycles. The van der Waals surface area contributed by atoms with Gasteiger partial charge in [0.15, 0.2) is 0 Å². The number of hydrazone groups is 1. The Kier molecular flexibility index (Phi) is 4.75. The van der Waals surface area contributed by atoms with Gasteiger partial charge in [0.2, 0.25) is 5.13 Å². The van der Waals surface area contributed by atoms with Crippen LogP contribution in [0.15, 0.2) is 77.2 Å². The number of aromatic nitrogens is 1. The molecule has 1 aliphatic heterocycles. The zero-order valence-electron chi connectivity index (χ0n) is 16.3. The highest BCUT2D eigenvalue weighted by molar-refractivity contribution is 7.14. The molecule has 1 aliphatic rings. The predicted octanol–water partition coefficient (Wildman–Crippen LogP) is 5.97. The number of anilines is 1. The maximum atomic E-state index is 14.0. The summed E-state index contributed by atoms with van der Waals surface area (Å²) in [6.45, 7) is 0. The smallest absolute Gasteiger partial charge is 0.362 e. The molecule has 3 aromatic carbocycles. The van der Waals surface area contributed by atoms with E-state index in [0.717, 1.165) is 22.1 Å². The summed E-state index contributed by atoms with van der Waals surface area (Å²) in [6, 6.07) is 18.2. The molecule has 1 N–H and O–H groups in total. The van der Waals surface area contributed by atoms with E-state index in [1.54, 1.807) is 23.6 Å². The lowest BCUT2D eigenvalue weighted by molar-refractivity contribution is -0.254. The van der Waals surface area contributed by atoms with E-state index in [0.29, 0.717) is 21.8 Å². The van der Waals surface area contributed by atoms with Gasteiger partial charge in [-0.15, -0.1) is 11.3 Å². The summed E-state index contributed by atoms with van der Waals surface area (Å²) in [4.78, 5) is 4.23. The maximum absolute atomic E-state index is 14.0. The van der Waals surface area contributed by atoms with Gasteiger partial charge in [0.25, 0.3) is 5.72 Å². The summed E-state index contributed by atoms with van der Waals surface area (Å²) in [7, 11) is 0. The lowest BCUT2D eigenvalue weighted by Crippen LogP contribution is -2.55. The highest BCUT2D eigenvalue weighted by atomic mass is 32.1. The van der Waals surface area contributed by atoms with E-state index in [4.69, 9.17) is 0 Å². The van der Waals surface area contributed by atoms with Crippen molar-refractivity contribution in [1.29, 1.82) is 0 Å². The van der Waals surface area contributed by atoms with Crippen LogP contribution < -0.4 is 5.01 Å². The number of aliphatic hydroxyl groups is 1. The van der Waals surface area contributed by atoms with Gasteiger partial charge in [0, 0.05) is 10.9 Å². The molecule has 0 amide bonds. The number of fused-ring (bicyclic) bond motifs is 1. The van der Waals surface area contributed by atoms with Crippen molar-refractivity contribution < 1.29 is 22.7 Å². The van der Waals surface area contributed by atoms with Crippen molar-refractivity contribution in [3.05, 3.63) is 83.5 Å². The second kappa shape index (κ2) is 7.39. The van der Waals surface area contributed by atoms with Gasteiger partial charge in [-0.2, -0.15) is 23.3 Å². The molecule has 2 heterocycles. The Labute approximate surface area is 184 Å². The maximum Gasteiger partial charge on any atom is 0.438 e. The average molecular weight is 457 g/mol. The number of benzene rings is 3. The number of halogens is 4. The van der Waals surface area contributed by atoms with Crippen molar-refractivity contribution in [3.63, 3.8) is 0 Å². The third-order valence-electron chi connectivity index (χ3n) is 5.33. The Morgan fingerprint density at radius 1 is 0.938 bits per heavy atom. The van der Waals surface area contributed by atoms with E-state index in [-0.39, 0.29) is 10.8 Å². The Morgan fingerprint density at radius 2 is 1.62 bits per heavy atom. The van der Waals surface area contributed by atoms with Crippen molar-refractivity contribution >= 4 is 33.0 Å². The van der Waals surface area contributed by atoms with E-state index in [2.05, 4.69) is 10.1 Å². The number of hydrogen-bond acceptors (Lipinski definition) is 5. The number of nitrogens with zero attached hydrogens (tertiary/aromatic N) is 3. The Bertz CT molecular complexity index is 1330. The van der Waals surface area contributed by atoms with Crippen molar-refractivity contribution in [2.24, 2.45) is 5.10 Å². The van der Waals surface area contributed by atoms with Crippen LogP contribution in [0.2, 0.25) is 0 Å². The molecule has 0 saturated carbocycles. The van der Waals surface area contributed by atoms with E-state index in [1.165, 1.54) is 24.3 Å². The average Bonchev–Trinajstić information content (AvgIpc) is 3.39. The molecule has 1 atom stereocenters. The first-order valence-corrected chi connectivity index (χ1v) is 10.5. The van der Waals surface area contributed by atoms with E-state index in [9.17, 15) is 22.7 Å². The fraction of sp³-hybridized carbons (Fsp3) is 0.130. The van der Waals surface area contributed by atoms with Crippen LogP contribution in [0.3, 0.4) is 0 Å². The lowest BCUT2D eigenvalue weighted by Gasteiger charge is -2.32. The van der Waals surface area contributed by atoms with Gasteiger partial charge >= 0.3 is 6.18 Å². The minimum Gasteiger partial charge on any atom is -0.362 e. The zero-order valence-corrected chi connectivity index (χ0v) is 17.2. The second-order valence-corrected chi connectivity index (χ2v) is 8.27. The molecule has 5 rings (SSSR count). The summed E-state index contributed by atoms with van der Waals surface area (Å²) in [6.07, 6.45) is -5.71. The topological polar surface area (TPSA) is 48.7 Å². The summed E-state index contributed by atoms with van der Waals surface area (Å²) in [5, 5.41) is 18.6. The van der Waals surface area contributed by atoms with Crippen LogP contribution in [0.1, 0.15) is 12.0 Å². The van der Waals surface area contributed by atoms with Gasteiger partial charge in [-0.25, -0.2) is 9.37 Å². The standard InChI is InChI=1S/C23H15F4N3OS/c24-18-9-7-15(8-10-18)20-13-32-21(28-20)30-22(31,23(25,26)27)12-19(29-30)17-6-5-14-3-1-2-4-16(14)11-17/h1-11,13,31H,12H2/t22-/m0/s1. The van der Waals surface area contributed by atoms with Gasteiger partial charge in [0.1, 0.15) is 5.82 Å². The highest BCUT2D eigenvalue weighted by Gasteiger charge is 2.62. The van der Waals surface area contributed by atoms with Crippen LogP contribution in [-0.2, 0) is 0 Å². The fourth-order valence-electron chi connectivity index (χ4n) is 3.61. The van der Waals surface area contributed by atoms with Gasteiger partial charge in [0.05, 0.1) is 17.8 Å². The van der Waals surface area contributed by atoms with E-state index >= 15 is 0 Å². The quantitative estimate of drug-likeness (QED) is 0.386. The van der Waals surface area contributed by atoms with Gasteiger partial charge in [-0.1, -0.05) is 36.4 Å². The molecule has 162 valence electrons. The summed E-state index contributed by atoms with van der Waals surface area (Å²) in [5.74, 6) is -0.431. The molecule has 32 heavy (non-hydrogen) atoms. The SMILES string of the molecule is O[C@]1(C(F)(F)F)CC(c2ccc3ccccc3c2)=NN1c1nc(-c2ccc(F)cc2)cs1. The summed E-state index contributed by atoms with van der Waals surface area (Å²) in [5.41, 5.74) is -1.73. The molecular formula is C23H15F4N3OS. The molecule has 0 radical (unpaired) electrons. The van der Waals surface area contributed by atoms with Crippen molar-refractivity contribution in [2.45, 2.75) is 18.3 Å². The first kappa shape index (κ1) is 20.6. The van der Waals surface area contributed by atoms with Crippen LogP contribution >= 0.6 is 11.3 Å². The van der Waals surface area contributed by atoms with Crippen LogP contribution in [0.4, 0.5) is 22.7 Å². The van der Waals surface area contributed by atoms with E-state index in [1.807, 2.05) is 24.3 Å². The van der Waals surface area contributed by atoms with Crippen LogP contribution in [0.25, 0.3) is 22.0 Å². The zero-order chi connectivity index (χ0) is 22.5. The number of hydrogen-bond donors (Lipinski definition) is 1. The monoisotopic (exact) mass is 457 g/mol. The third kappa shape index (κ3) is 3.43. The number of rotatable bonds is 3. The molecular weight excluding hydrogens is 442 g/mol. The Morgan fingerprint density at radius 3 is 2.34 bits per heavy atom. The largest absolute Gasteiger partial charge is 0.438 e. The summed E-state index contributed by atoms with van der Waals surface area (Å²) >= 11 is 0.918. The minimum atomic E-state index is -4.98. The normalized spacial score (nSPS) is 18.9. The van der Waals surface area contributed by atoms with Crippen LogP contribution in [0, 0.1) is 5.82 Å². The predicted molar refractivity (Wildman–Crippen MR) is 116 cm³/mol. The molecule has 0 spiro atoms. The molecule has 4 nitrogen and oxygen atoms in total. The van der Waals surface area contributed by atoms with Gasteiger partial charge in [-0.05, 0) is 46.7 Å². The first-order chi connectivity index (χ1) is 15.2. The highest BCUT2D eigenvalue weighted by Crippen LogP contribution is 2.45. The van der Waals surface area contributed by atoms with E-state index < -0.39 is 24.1 Å². The molecule has 1 aromatic heterocycles. The van der Waals surface area contributed by atoms with Gasteiger partial charge < -0.3 is 5.11 Å². The Hall–Kier alpha value is -3.30. The molecule has 0 bridgehead atoms. The second-order valence-electron chi connectivity index (χ2n) is 7.43. The molecule has 9 heteroatoms. The molecule has 0 fully saturated rings. The minimum absolute atomic E-state index is 0.106. The molecule has 4 aromatic rings. The lowest BCUT2D eigenvalue weighted by atomic mass is 9.98. The summed E-state index contributed by atoms with van der Waals surface area (Å²) < 4.78 is 55.1. The fourth-order valence-corrected chi connectivity index (χ4v) is 4.46.